The first-order valence-electron chi connectivity index (χ1n) is 9.05. The summed E-state index contributed by atoms with van der Waals surface area (Å²) in [6.07, 6.45) is 3.48. The molecule has 1 atom stereocenters. The second-order valence-electron chi connectivity index (χ2n) is 6.83. The lowest BCUT2D eigenvalue weighted by atomic mass is 10.1. The van der Waals surface area contributed by atoms with Crippen LogP contribution in [0.2, 0.25) is 0 Å². The second-order valence-corrected chi connectivity index (χ2v) is 6.83. The number of nitrogens with zero attached hydrogens (tertiary/aromatic N) is 3. The van der Waals surface area contributed by atoms with Crippen LogP contribution in [0.3, 0.4) is 0 Å². The zero-order chi connectivity index (χ0) is 18.1. The largest absolute Gasteiger partial charge is 0.377 e. The van der Waals surface area contributed by atoms with Crippen molar-refractivity contribution < 1.29 is 14.3 Å². The summed E-state index contributed by atoms with van der Waals surface area (Å²) in [6, 6.07) is 11.3. The molecule has 2 aromatic rings. The highest BCUT2D eigenvalue weighted by molar-refractivity contribution is 5.97. The summed E-state index contributed by atoms with van der Waals surface area (Å²) in [4.78, 5) is 28.6. The van der Waals surface area contributed by atoms with Gasteiger partial charge in [-0.15, -0.1) is 0 Å². The molecule has 26 heavy (non-hydrogen) atoms. The molecule has 136 valence electrons. The smallest absolute Gasteiger partial charge is 0.254 e. The van der Waals surface area contributed by atoms with Crippen LogP contribution in [0.1, 0.15) is 34.9 Å². The molecule has 6 nitrogen and oxygen atoms in total. The van der Waals surface area contributed by atoms with Gasteiger partial charge in [-0.3, -0.25) is 9.59 Å². The van der Waals surface area contributed by atoms with Gasteiger partial charge in [-0.05, 0) is 42.8 Å². The highest BCUT2D eigenvalue weighted by atomic mass is 16.5. The van der Waals surface area contributed by atoms with Gasteiger partial charge in [0.1, 0.15) is 0 Å². The Morgan fingerprint density at radius 1 is 1.15 bits per heavy atom. The maximum absolute atomic E-state index is 13.1. The molecule has 0 spiro atoms. The minimum atomic E-state index is -0.0870. The van der Waals surface area contributed by atoms with Crippen LogP contribution in [-0.4, -0.2) is 47.6 Å². The molecule has 0 aliphatic carbocycles. The lowest BCUT2D eigenvalue weighted by Crippen LogP contribution is -2.44. The zero-order valence-electron chi connectivity index (χ0n) is 14.9. The van der Waals surface area contributed by atoms with Crippen LogP contribution in [0.4, 0.5) is 5.69 Å². The molecule has 0 N–H and O–H groups in total. The number of morpholine rings is 1. The van der Waals surface area contributed by atoms with Crippen molar-refractivity contribution in [2.75, 3.05) is 31.2 Å². The predicted molar refractivity (Wildman–Crippen MR) is 98.0 cm³/mol. The first-order valence-corrected chi connectivity index (χ1v) is 9.05. The minimum absolute atomic E-state index is 0.00111. The Labute approximate surface area is 153 Å². The molecule has 2 saturated heterocycles. The van der Waals surface area contributed by atoms with Crippen LogP contribution >= 0.6 is 0 Å². The average molecular weight is 353 g/mol. The van der Waals surface area contributed by atoms with Crippen molar-refractivity contribution in [2.24, 2.45) is 7.05 Å². The molecular weight excluding hydrogens is 330 g/mol. The van der Waals surface area contributed by atoms with Gasteiger partial charge in [0.05, 0.1) is 19.3 Å². The Kier molecular flexibility index (Phi) is 4.51. The van der Waals surface area contributed by atoms with Crippen molar-refractivity contribution in [3.05, 3.63) is 53.9 Å². The van der Waals surface area contributed by atoms with E-state index in [4.69, 9.17) is 4.74 Å². The number of aryl methyl sites for hydroxylation is 1. The van der Waals surface area contributed by atoms with Crippen molar-refractivity contribution in [3.8, 4) is 0 Å². The van der Waals surface area contributed by atoms with Gasteiger partial charge >= 0.3 is 0 Å². The number of ether oxygens (including phenoxy) is 1. The standard InChI is InChI=1S/C20H23N3O3/c1-21-10-2-4-17(21)18-14-26-13-12-23(18)20(25)15-6-8-16(9-7-15)22-11-3-5-19(22)24/h2,4,6-10,18H,3,5,11-14H2,1H3. The fourth-order valence-electron chi connectivity index (χ4n) is 3.78. The molecule has 4 rings (SSSR count). The number of carbonyl (C=O) groups is 2. The topological polar surface area (TPSA) is 54.8 Å². The number of carbonyl (C=O) groups excluding carboxylic acids is 2. The van der Waals surface area contributed by atoms with E-state index in [-0.39, 0.29) is 17.9 Å². The van der Waals surface area contributed by atoms with E-state index < -0.39 is 0 Å². The van der Waals surface area contributed by atoms with Crippen molar-refractivity contribution in [2.45, 2.75) is 18.9 Å². The first-order chi connectivity index (χ1) is 12.6. The summed E-state index contributed by atoms with van der Waals surface area (Å²) < 4.78 is 7.65. The summed E-state index contributed by atoms with van der Waals surface area (Å²) in [5.41, 5.74) is 2.57. The SMILES string of the molecule is Cn1cccc1C1COCCN1C(=O)c1ccc(N2CCCC2=O)cc1. The number of amides is 2. The van der Waals surface area contributed by atoms with E-state index in [0.29, 0.717) is 31.7 Å². The normalized spacial score (nSPS) is 20.7. The predicted octanol–water partition coefficient (Wildman–Crippen LogP) is 2.37. The summed E-state index contributed by atoms with van der Waals surface area (Å²) >= 11 is 0. The fraction of sp³-hybridized carbons (Fsp3) is 0.400. The maximum atomic E-state index is 13.1. The summed E-state index contributed by atoms with van der Waals surface area (Å²) in [5, 5.41) is 0. The number of hydrogen-bond acceptors (Lipinski definition) is 3. The summed E-state index contributed by atoms with van der Waals surface area (Å²) in [7, 11) is 1.98. The second kappa shape index (κ2) is 6.96. The quantitative estimate of drug-likeness (QED) is 0.851. The van der Waals surface area contributed by atoms with E-state index >= 15 is 0 Å². The van der Waals surface area contributed by atoms with Gasteiger partial charge in [0.15, 0.2) is 0 Å². The third-order valence-corrected chi connectivity index (χ3v) is 5.21. The molecule has 1 aromatic heterocycles. The molecule has 2 aliphatic rings. The lowest BCUT2D eigenvalue weighted by molar-refractivity contribution is -0.117. The average Bonchev–Trinajstić information content (AvgIpc) is 3.29. The molecule has 0 bridgehead atoms. The van der Waals surface area contributed by atoms with Gasteiger partial charge in [-0.1, -0.05) is 0 Å². The number of anilines is 1. The Balaban J connectivity index is 1.55. The van der Waals surface area contributed by atoms with Crippen LogP contribution in [0.25, 0.3) is 0 Å². The third-order valence-electron chi connectivity index (χ3n) is 5.21. The highest BCUT2D eigenvalue weighted by Gasteiger charge is 2.31. The Hall–Kier alpha value is -2.60. The van der Waals surface area contributed by atoms with Crippen LogP contribution in [0, 0.1) is 0 Å². The van der Waals surface area contributed by atoms with E-state index in [9.17, 15) is 9.59 Å². The molecular formula is C20H23N3O3. The number of rotatable bonds is 3. The zero-order valence-corrected chi connectivity index (χ0v) is 14.9. The number of benzene rings is 1. The Bertz CT molecular complexity index is 812. The molecule has 2 aliphatic heterocycles. The summed E-state index contributed by atoms with van der Waals surface area (Å²) in [6.45, 7) is 2.38. The van der Waals surface area contributed by atoms with E-state index in [1.54, 1.807) is 4.90 Å². The molecule has 6 heteroatoms. The number of hydrogen-bond donors (Lipinski definition) is 0. The van der Waals surface area contributed by atoms with E-state index in [1.165, 1.54) is 0 Å². The monoisotopic (exact) mass is 353 g/mol. The number of aromatic nitrogens is 1. The van der Waals surface area contributed by atoms with Gasteiger partial charge in [-0.25, -0.2) is 0 Å². The molecule has 1 aromatic carbocycles. The maximum Gasteiger partial charge on any atom is 0.254 e. The minimum Gasteiger partial charge on any atom is -0.377 e. The van der Waals surface area contributed by atoms with Crippen LogP contribution in [0.15, 0.2) is 42.6 Å². The Morgan fingerprint density at radius 3 is 2.62 bits per heavy atom. The van der Waals surface area contributed by atoms with Gasteiger partial charge in [-0.2, -0.15) is 0 Å². The van der Waals surface area contributed by atoms with Crippen molar-refractivity contribution in [1.82, 2.24) is 9.47 Å². The molecule has 0 saturated carbocycles. The Morgan fingerprint density at radius 2 is 1.96 bits per heavy atom. The van der Waals surface area contributed by atoms with Crippen LogP contribution in [-0.2, 0) is 16.6 Å². The van der Waals surface area contributed by atoms with Gasteiger partial charge in [0.25, 0.3) is 5.91 Å². The molecule has 2 amide bonds. The molecule has 1 unspecified atom stereocenters. The third kappa shape index (κ3) is 3.01. The van der Waals surface area contributed by atoms with Gasteiger partial charge in [0, 0.05) is 49.7 Å². The van der Waals surface area contributed by atoms with Gasteiger partial charge in [0.2, 0.25) is 5.91 Å². The van der Waals surface area contributed by atoms with E-state index in [2.05, 4.69) is 0 Å². The van der Waals surface area contributed by atoms with E-state index in [1.807, 2.05) is 59.1 Å². The van der Waals surface area contributed by atoms with E-state index in [0.717, 1.165) is 24.3 Å². The highest BCUT2D eigenvalue weighted by Crippen LogP contribution is 2.27. The van der Waals surface area contributed by atoms with Crippen molar-refractivity contribution >= 4 is 17.5 Å². The lowest BCUT2D eigenvalue weighted by Gasteiger charge is -2.36. The molecule has 2 fully saturated rings. The van der Waals surface area contributed by atoms with Gasteiger partial charge < -0.3 is 19.1 Å². The summed E-state index contributed by atoms with van der Waals surface area (Å²) in [5.74, 6) is 0.153. The molecule has 3 heterocycles. The fourth-order valence-corrected chi connectivity index (χ4v) is 3.78. The first kappa shape index (κ1) is 16.8. The van der Waals surface area contributed by atoms with Crippen LogP contribution < -0.4 is 4.90 Å². The van der Waals surface area contributed by atoms with Crippen molar-refractivity contribution in [1.29, 1.82) is 0 Å². The molecule has 0 radical (unpaired) electrons. The van der Waals surface area contributed by atoms with Crippen molar-refractivity contribution in [3.63, 3.8) is 0 Å². The van der Waals surface area contributed by atoms with Crippen LogP contribution in [0.5, 0.6) is 0 Å².